The van der Waals surface area contributed by atoms with Crippen LogP contribution in [0.15, 0.2) is 48.5 Å². The Kier molecular flexibility index (Phi) is 6.03. The van der Waals surface area contributed by atoms with Crippen molar-refractivity contribution < 1.29 is 24.0 Å². The van der Waals surface area contributed by atoms with Gasteiger partial charge in [-0.05, 0) is 55.2 Å². The molecule has 28 heavy (non-hydrogen) atoms. The van der Waals surface area contributed by atoms with Gasteiger partial charge < -0.3 is 20.7 Å². The van der Waals surface area contributed by atoms with Crippen molar-refractivity contribution in [1.82, 2.24) is 10.6 Å². The maximum absolute atomic E-state index is 13.8. The van der Waals surface area contributed by atoms with Crippen molar-refractivity contribution in [2.75, 3.05) is 0 Å². The maximum Gasteiger partial charge on any atom is 0.475 e. The third-order valence-corrected chi connectivity index (χ3v) is 4.97. The van der Waals surface area contributed by atoms with Gasteiger partial charge in [0.05, 0.1) is 5.94 Å². The Morgan fingerprint density at radius 3 is 2.36 bits per heavy atom. The molecule has 6 nitrogen and oxygen atoms in total. The molecule has 0 heterocycles. The molecular weight excluding hydrogens is 385 g/mol. The van der Waals surface area contributed by atoms with E-state index in [9.17, 15) is 24.0 Å². The fourth-order valence-corrected chi connectivity index (χ4v) is 2.99. The van der Waals surface area contributed by atoms with Gasteiger partial charge in [-0.15, -0.1) is 0 Å². The lowest BCUT2D eigenvalue weighted by molar-refractivity contribution is -0.124. The third kappa shape index (κ3) is 4.70. The molecule has 0 aromatic heterocycles. The highest BCUT2D eigenvalue weighted by Gasteiger charge is 2.52. The number of hydrogen-bond donors (Lipinski definition) is 4. The van der Waals surface area contributed by atoms with E-state index < -0.39 is 36.2 Å². The van der Waals surface area contributed by atoms with Crippen molar-refractivity contribution >= 4 is 30.5 Å². The minimum atomic E-state index is -1.88. The van der Waals surface area contributed by atoms with E-state index in [1.54, 1.807) is 30.3 Å². The summed E-state index contributed by atoms with van der Waals surface area (Å²) in [5, 5.41) is 24.9. The first-order chi connectivity index (χ1) is 13.3. The fraction of sp³-hybridized carbons (Fsp3) is 0.263. The van der Waals surface area contributed by atoms with Crippen LogP contribution in [0.5, 0.6) is 0 Å². The Bertz CT molecular complexity index is 874. The number of amides is 2. The summed E-state index contributed by atoms with van der Waals surface area (Å²) >= 11 is 5.81. The Morgan fingerprint density at radius 2 is 1.79 bits per heavy atom. The maximum atomic E-state index is 13.8. The number of hydrogen-bond acceptors (Lipinski definition) is 4. The summed E-state index contributed by atoms with van der Waals surface area (Å²) in [5.74, 6) is -2.59. The fourth-order valence-electron chi connectivity index (χ4n) is 2.86. The topological polar surface area (TPSA) is 98.7 Å². The molecular formula is C19H19BClFN2O4. The molecule has 0 spiro atoms. The molecule has 1 atom stereocenters. The van der Waals surface area contributed by atoms with Crippen LogP contribution in [0.4, 0.5) is 4.39 Å². The number of nitrogens with one attached hydrogen (secondary N) is 2. The quantitative estimate of drug-likeness (QED) is 0.525. The van der Waals surface area contributed by atoms with Gasteiger partial charge in [-0.1, -0.05) is 29.8 Å². The van der Waals surface area contributed by atoms with E-state index >= 15 is 0 Å². The monoisotopic (exact) mass is 404 g/mol. The van der Waals surface area contributed by atoms with Gasteiger partial charge in [0, 0.05) is 10.6 Å². The summed E-state index contributed by atoms with van der Waals surface area (Å²) in [6, 6.07) is 12.1. The van der Waals surface area contributed by atoms with Gasteiger partial charge in [0.15, 0.2) is 0 Å². The summed E-state index contributed by atoms with van der Waals surface area (Å²) in [4.78, 5) is 25.1. The molecule has 1 saturated carbocycles. The van der Waals surface area contributed by atoms with Crippen LogP contribution in [-0.2, 0) is 11.2 Å². The molecule has 2 aromatic rings. The molecule has 9 heteroatoms. The van der Waals surface area contributed by atoms with Gasteiger partial charge in [-0.3, -0.25) is 9.59 Å². The molecule has 4 N–H and O–H groups in total. The predicted molar refractivity (Wildman–Crippen MR) is 103 cm³/mol. The molecule has 0 radical (unpaired) electrons. The molecule has 146 valence electrons. The Balaban J connectivity index is 1.66. The highest BCUT2D eigenvalue weighted by atomic mass is 35.5. The second-order valence-electron chi connectivity index (χ2n) is 6.83. The third-order valence-electron chi connectivity index (χ3n) is 4.72. The lowest BCUT2D eigenvalue weighted by Gasteiger charge is -2.23. The lowest BCUT2D eigenvalue weighted by Crippen LogP contribution is -2.56. The number of carbonyl (C=O) groups is 2. The van der Waals surface area contributed by atoms with Crippen LogP contribution in [0.1, 0.15) is 28.8 Å². The molecule has 1 aliphatic rings. The van der Waals surface area contributed by atoms with Gasteiger partial charge >= 0.3 is 7.12 Å². The van der Waals surface area contributed by atoms with E-state index in [2.05, 4.69) is 10.6 Å². The van der Waals surface area contributed by atoms with E-state index in [-0.39, 0.29) is 12.0 Å². The highest BCUT2D eigenvalue weighted by Crippen LogP contribution is 2.36. The van der Waals surface area contributed by atoms with Crippen LogP contribution >= 0.6 is 11.6 Å². The Morgan fingerprint density at radius 1 is 1.14 bits per heavy atom. The zero-order chi connectivity index (χ0) is 20.3. The number of halogens is 2. The molecule has 1 aliphatic carbocycles. The van der Waals surface area contributed by atoms with Crippen LogP contribution < -0.4 is 10.6 Å². The summed E-state index contributed by atoms with van der Waals surface area (Å²) in [6.07, 6.45) is 0.746. The van der Waals surface area contributed by atoms with Crippen LogP contribution in [-0.4, -0.2) is 40.5 Å². The van der Waals surface area contributed by atoms with Crippen molar-refractivity contribution in [2.24, 2.45) is 0 Å². The molecule has 3 rings (SSSR count). The van der Waals surface area contributed by atoms with E-state index in [0.717, 1.165) is 0 Å². The molecule has 1 fully saturated rings. The molecule has 0 saturated heterocycles. The smallest absolute Gasteiger partial charge is 0.426 e. The second-order valence-corrected chi connectivity index (χ2v) is 7.27. The highest BCUT2D eigenvalue weighted by molar-refractivity contribution is 6.43. The second kappa shape index (κ2) is 8.30. The standard InChI is InChI=1S/C19H19BClFN2O4/c21-14-7-5-12(6-8-14)17(25)24-19(9-10-19)18(26)23-16(20(27)28)11-13-3-1-2-4-15(13)22/h1-8,16,27-28H,9-11H2,(H,23,26)(H,24,25)/t16-/m0/s1. The normalized spacial score (nSPS) is 15.4. The van der Waals surface area contributed by atoms with Gasteiger partial charge in [-0.25, -0.2) is 4.39 Å². The Hall–Kier alpha value is -2.42. The molecule has 2 amide bonds. The van der Waals surface area contributed by atoms with Crippen LogP contribution in [0, 0.1) is 5.82 Å². The first-order valence-corrected chi connectivity index (χ1v) is 9.17. The van der Waals surface area contributed by atoms with Gasteiger partial charge in [0.2, 0.25) is 5.91 Å². The van der Waals surface area contributed by atoms with Crippen LogP contribution in [0.25, 0.3) is 0 Å². The van der Waals surface area contributed by atoms with E-state index in [1.807, 2.05) is 0 Å². The van der Waals surface area contributed by atoms with Gasteiger partial charge in [-0.2, -0.15) is 0 Å². The minimum Gasteiger partial charge on any atom is -0.426 e. The molecule has 0 bridgehead atoms. The SMILES string of the molecule is O=C(NC1(C(=O)N[C@@H](Cc2ccccc2F)B(O)O)CC1)c1ccc(Cl)cc1. The van der Waals surface area contributed by atoms with Gasteiger partial charge in [0.1, 0.15) is 11.4 Å². The zero-order valence-corrected chi connectivity index (χ0v) is 15.6. The van der Waals surface area contributed by atoms with Crippen molar-refractivity contribution in [3.05, 3.63) is 70.5 Å². The van der Waals surface area contributed by atoms with E-state index in [4.69, 9.17) is 11.6 Å². The van der Waals surface area contributed by atoms with E-state index in [0.29, 0.717) is 23.4 Å². The number of carbonyl (C=O) groups excluding carboxylic acids is 2. The number of rotatable bonds is 7. The summed E-state index contributed by atoms with van der Waals surface area (Å²) in [5.41, 5.74) is -0.511. The first-order valence-electron chi connectivity index (χ1n) is 8.79. The van der Waals surface area contributed by atoms with Crippen LogP contribution in [0.3, 0.4) is 0 Å². The largest absolute Gasteiger partial charge is 0.475 e. The van der Waals surface area contributed by atoms with Crippen molar-refractivity contribution in [3.8, 4) is 0 Å². The average Bonchev–Trinajstić information content (AvgIpc) is 3.44. The minimum absolute atomic E-state index is 0.0999. The van der Waals surface area contributed by atoms with Gasteiger partial charge in [0.25, 0.3) is 5.91 Å². The lowest BCUT2D eigenvalue weighted by atomic mass is 9.75. The van der Waals surface area contributed by atoms with Crippen LogP contribution in [0.2, 0.25) is 5.02 Å². The predicted octanol–water partition coefficient (Wildman–Crippen LogP) is 1.48. The average molecular weight is 405 g/mol. The first kappa shape index (κ1) is 20.3. The summed E-state index contributed by atoms with van der Waals surface area (Å²) in [7, 11) is -1.88. The number of benzene rings is 2. The summed E-state index contributed by atoms with van der Waals surface area (Å²) in [6.45, 7) is 0. The molecule has 2 aromatic carbocycles. The van der Waals surface area contributed by atoms with E-state index in [1.165, 1.54) is 18.2 Å². The van der Waals surface area contributed by atoms with Crippen molar-refractivity contribution in [3.63, 3.8) is 0 Å². The Labute approximate surface area is 166 Å². The van der Waals surface area contributed by atoms with Crippen molar-refractivity contribution in [1.29, 1.82) is 0 Å². The summed E-state index contributed by atoms with van der Waals surface area (Å²) < 4.78 is 13.8. The van der Waals surface area contributed by atoms with Crippen molar-refractivity contribution in [2.45, 2.75) is 30.7 Å². The molecule has 0 unspecified atom stereocenters. The zero-order valence-electron chi connectivity index (χ0n) is 14.9. The molecule has 0 aliphatic heterocycles.